The number of urea groups is 1. The molecule has 0 aliphatic heterocycles. The van der Waals surface area contributed by atoms with Gasteiger partial charge in [0, 0.05) is 25.0 Å². The molecular formula is C14H22N4O. The largest absolute Gasteiger partial charge is 0.328 e. The average Bonchev–Trinajstić information content (AvgIpc) is 3.21. The van der Waals surface area contributed by atoms with Gasteiger partial charge in [-0.1, -0.05) is 0 Å². The fraction of sp³-hybridized carbons (Fsp3) is 0.643. The van der Waals surface area contributed by atoms with Crippen LogP contribution >= 0.6 is 0 Å². The third-order valence-corrected chi connectivity index (χ3v) is 3.51. The molecule has 1 saturated carbocycles. The lowest BCUT2D eigenvalue weighted by Crippen LogP contribution is -2.42. The Balaban J connectivity index is 2.11. The molecule has 1 N–H and O–H groups in total. The van der Waals surface area contributed by atoms with Crippen LogP contribution in [0.2, 0.25) is 0 Å². The Kier molecular flexibility index (Phi) is 4.35. The van der Waals surface area contributed by atoms with Crippen molar-refractivity contribution in [2.24, 2.45) is 5.92 Å². The summed E-state index contributed by atoms with van der Waals surface area (Å²) in [7, 11) is 0. The van der Waals surface area contributed by atoms with Crippen molar-refractivity contribution < 1.29 is 4.79 Å². The number of carbonyl (C=O) groups excluding carboxylic acids is 1. The number of rotatable bonds is 5. The SMILES string of the molecule is CCN(CC)C(=O)NC(c1nccc(C)n1)C1CC1. The van der Waals surface area contributed by atoms with Crippen LogP contribution in [-0.2, 0) is 0 Å². The van der Waals surface area contributed by atoms with Gasteiger partial charge in [-0.2, -0.15) is 0 Å². The van der Waals surface area contributed by atoms with Gasteiger partial charge in [0.1, 0.15) is 0 Å². The van der Waals surface area contributed by atoms with Crippen LogP contribution in [0.15, 0.2) is 12.3 Å². The van der Waals surface area contributed by atoms with Gasteiger partial charge in [0.2, 0.25) is 0 Å². The Morgan fingerprint density at radius 2 is 2.16 bits per heavy atom. The zero-order valence-electron chi connectivity index (χ0n) is 11.9. The topological polar surface area (TPSA) is 58.1 Å². The van der Waals surface area contributed by atoms with Gasteiger partial charge >= 0.3 is 6.03 Å². The van der Waals surface area contributed by atoms with Crippen molar-refractivity contribution in [3.63, 3.8) is 0 Å². The Labute approximate surface area is 114 Å². The van der Waals surface area contributed by atoms with E-state index in [1.54, 1.807) is 11.1 Å². The van der Waals surface area contributed by atoms with Crippen LogP contribution in [0, 0.1) is 12.8 Å². The fourth-order valence-electron chi connectivity index (χ4n) is 2.18. The number of hydrogen-bond acceptors (Lipinski definition) is 3. The number of aromatic nitrogens is 2. The maximum atomic E-state index is 12.2. The maximum Gasteiger partial charge on any atom is 0.317 e. The van der Waals surface area contributed by atoms with Crippen LogP contribution in [-0.4, -0.2) is 34.0 Å². The van der Waals surface area contributed by atoms with E-state index in [0.29, 0.717) is 19.0 Å². The third-order valence-electron chi connectivity index (χ3n) is 3.51. The molecule has 0 aromatic carbocycles. The molecule has 0 saturated heterocycles. The molecule has 104 valence electrons. The van der Waals surface area contributed by atoms with E-state index in [0.717, 1.165) is 24.4 Å². The highest BCUT2D eigenvalue weighted by Gasteiger charge is 2.35. The summed E-state index contributed by atoms with van der Waals surface area (Å²) in [4.78, 5) is 22.7. The first-order valence-corrected chi connectivity index (χ1v) is 7.00. The first kappa shape index (κ1) is 13.8. The quantitative estimate of drug-likeness (QED) is 0.885. The van der Waals surface area contributed by atoms with Crippen LogP contribution in [0.1, 0.15) is 44.2 Å². The summed E-state index contributed by atoms with van der Waals surface area (Å²) in [6.07, 6.45) is 4.04. The molecule has 0 radical (unpaired) electrons. The van der Waals surface area contributed by atoms with Gasteiger partial charge in [-0.15, -0.1) is 0 Å². The van der Waals surface area contributed by atoms with E-state index in [2.05, 4.69) is 15.3 Å². The average molecular weight is 262 g/mol. The minimum absolute atomic E-state index is 0.0213. The second kappa shape index (κ2) is 5.99. The summed E-state index contributed by atoms with van der Waals surface area (Å²) in [5.74, 6) is 1.23. The van der Waals surface area contributed by atoms with Crippen molar-refractivity contribution in [3.05, 3.63) is 23.8 Å². The van der Waals surface area contributed by atoms with Crippen LogP contribution in [0.3, 0.4) is 0 Å². The molecule has 2 rings (SSSR count). The predicted molar refractivity (Wildman–Crippen MR) is 73.7 cm³/mol. The molecule has 1 fully saturated rings. The number of nitrogens with zero attached hydrogens (tertiary/aromatic N) is 3. The molecule has 1 aliphatic carbocycles. The van der Waals surface area contributed by atoms with Gasteiger partial charge < -0.3 is 10.2 Å². The summed E-state index contributed by atoms with van der Waals surface area (Å²) in [6.45, 7) is 7.35. The normalized spacial score (nSPS) is 15.9. The van der Waals surface area contributed by atoms with E-state index in [1.807, 2.05) is 26.8 Å². The van der Waals surface area contributed by atoms with Crippen LogP contribution in [0.25, 0.3) is 0 Å². The molecule has 1 atom stereocenters. The molecule has 0 spiro atoms. The van der Waals surface area contributed by atoms with Gasteiger partial charge in [-0.05, 0) is 45.6 Å². The van der Waals surface area contributed by atoms with E-state index >= 15 is 0 Å². The molecule has 1 aromatic heterocycles. The van der Waals surface area contributed by atoms with Crippen molar-refractivity contribution in [1.29, 1.82) is 0 Å². The summed E-state index contributed by atoms with van der Waals surface area (Å²) in [5, 5.41) is 3.09. The van der Waals surface area contributed by atoms with E-state index in [-0.39, 0.29) is 12.1 Å². The highest BCUT2D eigenvalue weighted by atomic mass is 16.2. The van der Waals surface area contributed by atoms with Crippen molar-refractivity contribution >= 4 is 6.03 Å². The number of carbonyl (C=O) groups is 1. The minimum Gasteiger partial charge on any atom is -0.328 e. The lowest BCUT2D eigenvalue weighted by atomic mass is 10.1. The number of hydrogen-bond donors (Lipinski definition) is 1. The molecule has 1 unspecified atom stereocenters. The van der Waals surface area contributed by atoms with E-state index in [1.165, 1.54) is 0 Å². The van der Waals surface area contributed by atoms with Crippen LogP contribution < -0.4 is 5.32 Å². The summed E-state index contributed by atoms with van der Waals surface area (Å²) in [6, 6.07) is 1.81. The second-order valence-corrected chi connectivity index (χ2v) is 4.99. The lowest BCUT2D eigenvalue weighted by Gasteiger charge is -2.24. The Bertz CT molecular complexity index is 441. The van der Waals surface area contributed by atoms with Gasteiger partial charge in [-0.3, -0.25) is 0 Å². The summed E-state index contributed by atoms with van der Waals surface area (Å²) < 4.78 is 0. The van der Waals surface area contributed by atoms with Crippen molar-refractivity contribution in [1.82, 2.24) is 20.2 Å². The smallest absolute Gasteiger partial charge is 0.317 e. The van der Waals surface area contributed by atoms with E-state index in [4.69, 9.17) is 0 Å². The molecule has 19 heavy (non-hydrogen) atoms. The van der Waals surface area contributed by atoms with Gasteiger partial charge in [0.05, 0.1) is 6.04 Å². The Hall–Kier alpha value is -1.65. The van der Waals surface area contributed by atoms with Gasteiger partial charge in [0.25, 0.3) is 0 Å². The Morgan fingerprint density at radius 1 is 1.47 bits per heavy atom. The fourth-order valence-corrected chi connectivity index (χ4v) is 2.18. The standard InChI is InChI=1S/C14H22N4O/c1-4-18(5-2)14(19)17-12(11-6-7-11)13-15-9-8-10(3)16-13/h8-9,11-12H,4-7H2,1-3H3,(H,17,19). The molecule has 5 heteroatoms. The van der Waals surface area contributed by atoms with Crippen molar-refractivity contribution in [2.75, 3.05) is 13.1 Å². The van der Waals surface area contributed by atoms with E-state index in [9.17, 15) is 4.79 Å². The van der Waals surface area contributed by atoms with Crippen molar-refractivity contribution in [2.45, 2.75) is 39.7 Å². The first-order chi connectivity index (χ1) is 9.15. The number of aryl methyl sites for hydroxylation is 1. The van der Waals surface area contributed by atoms with Gasteiger partial charge in [0.15, 0.2) is 5.82 Å². The van der Waals surface area contributed by atoms with Crippen LogP contribution in [0.5, 0.6) is 0 Å². The second-order valence-electron chi connectivity index (χ2n) is 4.99. The zero-order chi connectivity index (χ0) is 13.8. The molecule has 1 aliphatic rings. The van der Waals surface area contributed by atoms with Crippen LogP contribution in [0.4, 0.5) is 4.79 Å². The van der Waals surface area contributed by atoms with Gasteiger partial charge in [-0.25, -0.2) is 14.8 Å². The first-order valence-electron chi connectivity index (χ1n) is 7.00. The molecule has 5 nitrogen and oxygen atoms in total. The monoisotopic (exact) mass is 262 g/mol. The Morgan fingerprint density at radius 3 is 2.68 bits per heavy atom. The highest BCUT2D eigenvalue weighted by Crippen LogP contribution is 2.39. The number of nitrogens with one attached hydrogen (secondary N) is 1. The van der Waals surface area contributed by atoms with E-state index < -0.39 is 0 Å². The summed E-state index contributed by atoms with van der Waals surface area (Å²) in [5.41, 5.74) is 0.938. The maximum absolute atomic E-state index is 12.2. The number of amides is 2. The zero-order valence-corrected chi connectivity index (χ0v) is 11.9. The van der Waals surface area contributed by atoms with Crippen molar-refractivity contribution in [3.8, 4) is 0 Å². The molecule has 2 amide bonds. The predicted octanol–water partition coefficient (Wildman–Crippen LogP) is 2.29. The molecular weight excluding hydrogens is 240 g/mol. The highest BCUT2D eigenvalue weighted by molar-refractivity contribution is 5.74. The molecule has 1 aromatic rings. The molecule has 0 bridgehead atoms. The summed E-state index contributed by atoms with van der Waals surface area (Å²) >= 11 is 0. The third kappa shape index (κ3) is 3.43. The lowest BCUT2D eigenvalue weighted by molar-refractivity contribution is 0.197. The molecule has 1 heterocycles. The minimum atomic E-state index is -0.0481.